The van der Waals surface area contributed by atoms with Gasteiger partial charge in [0.25, 0.3) is 0 Å². The zero-order valence-corrected chi connectivity index (χ0v) is 5.72. The zero-order valence-electron chi connectivity index (χ0n) is 5.72. The molecule has 1 radical (unpaired) electrons. The molecule has 0 spiro atoms. The first-order valence-electron chi connectivity index (χ1n) is 3.23. The van der Waals surface area contributed by atoms with Crippen LogP contribution in [0.3, 0.4) is 0 Å². The van der Waals surface area contributed by atoms with Crippen LogP contribution in [0, 0.1) is 6.42 Å². The highest BCUT2D eigenvalue weighted by atomic mass is 16.3. The van der Waals surface area contributed by atoms with Crippen LogP contribution in [-0.2, 0) is 0 Å². The standard InChI is InChI=1S/C7H15O/c1-3-4-5-6-7(2)8/h3,7-8H,4-6H2,1-2H3. The average molecular weight is 115 g/mol. The monoisotopic (exact) mass is 115 g/mol. The lowest BCUT2D eigenvalue weighted by Crippen LogP contribution is -1.97. The summed E-state index contributed by atoms with van der Waals surface area (Å²) in [5.74, 6) is 0. The Morgan fingerprint density at radius 1 is 1.62 bits per heavy atom. The Morgan fingerprint density at radius 3 is 2.62 bits per heavy atom. The van der Waals surface area contributed by atoms with E-state index in [0.29, 0.717) is 0 Å². The molecule has 0 aliphatic rings. The summed E-state index contributed by atoms with van der Waals surface area (Å²) in [4.78, 5) is 0. The number of hydrogen-bond donors (Lipinski definition) is 1. The van der Waals surface area contributed by atoms with Crippen molar-refractivity contribution < 1.29 is 5.11 Å². The van der Waals surface area contributed by atoms with Gasteiger partial charge in [-0.25, -0.2) is 0 Å². The molecule has 1 atom stereocenters. The van der Waals surface area contributed by atoms with Gasteiger partial charge in [0, 0.05) is 0 Å². The summed E-state index contributed by atoms with van der Waals surface area (Å²) in [6.45, 7) is 3.87. The lowest BCUT2D eigenvalue weighted by molar-refractivity contribution is 0.181. The maximum absolute atomic E-state index is 8.77. The highest BCUT2D eigenvalue weighted by Gasteiger charge is 1.92. The van der Waals surface area contributed by atoms with E-state index in [-0.39, 0.29) is 6.10 Å². The Hall–Kier alpha value is -0.0400. The molecule has 0 aromatic heterocycles. The topological polar surface area (TPSA) is 20.2 Å². The van der Waals surface area contributed by atoms with Gasteiger partial charge in [0.05, 0.1) is 6.10 Å². The second-order valence-electron chi connectivity index (χ2n) is 2.19. The Morgan fingerprint density at radius 2 is 2.25 bits per heavy atom. The van der Waals surface area contributed by atoms with Crippen molar-refractivity contribution in [2.24, 2.45) is 0 Å². The van der Waals surface area contributed by atoms with E-state index in [0.717, 1.165) is 19.3 Å². The van der Waals surface area contributed by atoms with E-state index >= 15 is 0 Å². The average Bonchev–Trinajstić information content (AvgIpc) is 1.66. The molecule has 1 N–H and O–H groups in total. The highest BCUT2D eigenvalue weighted by Crippen LogP contribution is 2.00. The summed E-state index contributed by atoms with van der Waals surface area (Å²) in [6, 6.07) is 0. The van der Waals surface area contributed by atoms with E-state index in [1.54, 1.807) is 0 Å². The van der Waals surface area contributed by atoms with Crippen molar-refractivity contribution >= 4 is 0 Å². The van der Waals surface area contributed by atoms with Gasteiger partial charge in [-0.2, -0.15) is 0 Å². The van der Waals surface area contributed by atoms with Crippen molar-refractivity contribution in [1.82, 2.24) is 0 Å². The third-order valence-corrected chi connectivity index (χ3v) is 1.11. The van der Waals surface area contributed by atoms with Crippen LogP contribution < -0.4 is 0 Å². The predicted molar refractivity (Wildman–Crippen MR) is 35.5 cm³/mol. The van der Waals surface area contributed by atoms with Crippen LogP contribution in [0.15, 0.2) is 0 Å². The van der Waals surface area contributed by atoms with Crippen LogP contribution >= 0.6 is 0 Å². The molecule has 0 heterocycles. The molecule has 0 saturated carbocycles. The molecule has 1 heteroatoms. The van der Waals surface area contributed by atoms with Crippen LogP contribution in [0.5, 0.6) is 0 Å². The largest absolute Gasteiger partial charge is 0.393 e. The molecule has 0 saturated heterocycles. The van der Waals surface area contributed by atoms with Crippen molar-refractivity contribution in [1.29, 1.82) is 0 Å². The minimum atomic E-state index is -0.116. The van der Waals surface area contributed by atoms with Crippen molar-refractivity contribution in [3.8, 4) is 0 Å². The van der Waals surface area contributed by atoms with Gasteiger partial charge in [-0.15, -0.1) is 0 Å². The van der Waals surface area contributed by atoms with Gasteiger partial charge in [0.15, 0.2) is 0 Å². The van der Waals surface area contributed by atoms with Gasteiger partial charge >= 0.3 is 0 Å². The fourth-order valence-electron chi connectivity index (χ4n) is 0.617. The van der Waals surface area contributed by atoms with E-state index in [1.807, 2.05) is 13.8 Å². The first-order chi connectivity index (χ1) is 3.77. The summed E-state index contributed by atoms with van der Waals surface area (Å²) in [5, 5.41) is 8.77. The Labute approximate surface area is 51.7 Å². The summed E-state index contributed by atoms with van der Waals surface area (Å²) in [7, 11) is 0. The molecule has 49 valence electrons. The van der Waals surface area contributed by atoms with E-state index in [9.17, 15) is 0 Å². The minimum Gasteiger partial charge on any atom is -0.393 e. The lowest BCUT2D eigenvalue weighted by Gasteiger charge is -2.00. The third-order valence-electron chi connectivity index (χ3n) is 1.11. The lowest BCUT2D eigenvalue weighted by atomic mass is 10.1. The maximum atomic E-state index is 8.77. The van der Waals surface area contributed by atoms with Crippen LogP contribution in [0.25, 0.3) is 0 Å². The molecule has 0 amide bonds. The second kappa shape index (κ2) is 5.10. The molecule has 0 aromatic rings. The maximum Gasteiger partial charge on any atom is 0.0512 e. The molecule has 8 heavy (non-hydrogen) atoms. The van der Waals surface area contributed by atoms with Crippen LogP contribution in [-0.4, -0.2) is 11.2 Å². The number of aliphatic hydroxyl groups is 1. The SMILES string of the molecule is C[CH]CCCC(C)O. The normalized spacial score (nSPS) is 13.9. The Balaban J connectivity index is 2.72. The second-order valence-corrected chi connectivity index (χ2v) is 2.19. The first-order valence-corrected chi connectivity index (χ1v) is 3.23. The molecule has 0 aliphatic heterocycles. The van der Waals surface area contributed by atoms with Gasteiger partial charge in [-0.3, -0.25) is 0 Å². The van der Waals surface area contributed by atoms with Gasteiger partial charge in [-0.05, 0) is 19.8 Å². The van der Waals surface area contributed by atoms with Crippen LogP contribution in [0.2, 0.25) is 0 Å². The van der Waals surface area contributed by atoms with Crippen LogP contribution in [0.1, 0.15) is 33.1 Å². The van der Waals surface area contributed by atoms with E-state index in [2.05, 4.69) is 6.42 Å². The fourth-order valence-corrected chi connectivity index (χ4v) is 0.617. The third kappa shape index (κ3) is 5.96. The Kier molecular flexibility index (Phi) is 5.08. The van der Waals surface area contributed by atoms with Gasteiger partial charge < -0.3 is 5.11 Å². The molecular weight excluding hydrogens is 100 g/mol. The highest BCUT2D eigenvalue weighted by molar-refractivity contribution is 4.56. The molecule has 0 aliphatic carbocycles. The molecule has 0 fully saturated rings. The summed E-state index contributed by atoms with van der Waals surface area (Å²) >= 11 is 0. The molecule has 0 rings (SSSR count). The molecule has 1 nitrogen and oxygen atoms in total. The quantitative estimate of drug-likeness (QED) is 0.553. The van der Waals surface area contributed by atoms with Gasteiger partial charge in [-0.1, -0.05) is 19.8 Å². The van der Waals surface area contributed by atoms with Gasteiger partial charge in [0.2, 0.25) is 0 Å². The molecule has 0 bridgehead atoms. The molecule has 0 aromatic carbocycles. The Bertz CT molecular complexity index is 41.7. The van der Waals surface area contributed by atoms with E-state index in [1.165, 1.54) is 0 Å². The summed E-state index contributed by atoms with van der Waals surface area (Å²) in [6.07, 6.45) is 5.20. The van der Waals surface area contributed by atoms with Gasteiger partial charge in [0.1, 0.15) is 0 Å². The van der Waals surface area contributed by atoms with E-state index < -0.39 is 0 Å². The number of unbranched alkanes of at least 4 members (excludes halogenated alkanes) is 2. The predicted octanol–water partition coefficient (Wildman–Crippen LogP) is 1.76. The minimum absolute atomic E-state index is 0.116. The van der Waals surface area contributed by atoms with Crippen LogP contribution in [0.4, 0.5) is 0 Å². The van der Waals surface area contributed by atoms with Crippen molar-refractivity contribution in [2.45, 2.75) is 39.2 Å². The van der Waals surface area contributed by atoms with E-state index in [4.69, 9.17) is 5.11 Å². The zero-order chi connectivity index (χ0) is 6.41. The molecular formula is C7H15O. The fraction of sp³-hybridized carbons (Fsp3) is 0.857. The van der Waals surface area contributed by atoms with Crippen molar-refractivity contribution in [2.75, 3.05) is 0 Å². The number of rotatable bonds is 4. The summed E-state index contributed by atoms with van der Waals surface area (Å²) < 4.78 is 0. The smallest absolute Gasteiger partial charge is 0.0512 e. The summed E-state index contributed by atoms with van der Waals surface area (Å²) in [5.41, 5.74) is 0. The van der Waals surface area contributed by atoms with Crippen molar-refractivity contribution in [3.05, 3.63) is 6.42 Å². The van der Waals surface area contributed by atoms with Crippen molar-refractivity contribution in [3.63, 3.8) is 0 Å². The first kappa shape index (κ1) is 7.96. The molecule has 1 unspecified atom stereocenters. The number of hydrogen-bond acceptors (Lipinski definition) is 1. The number of aliphatic hydroxyl groups excluding tert-OH is 1.